The minimum absolute atomic E-state index is 0.00128. The van der Waals surface area contributed by atoms with Crippen molar-refractivity contribution in [2.24, 2.45) is 0 Å². The summed E-state index contributed by atoms with van der Waals surface area (Å²) in [6.07, 6.45) is 2.81. The smallest absolute Gasteiger partial charge is 0.280 e. The number of nitro benzene ring substituents is 1. The highest BCUT2D eigenvalue weighted by molar-refractivity contribution is 5.72. The lowest BCUT2D eigenvalue weighted by molar-refractivity contribution is -0.384. The van der Waals surface area contributed by atoms with E-state index in [2.05, 4.69) is 13.2 Å². The third-order valence-electron chi connectivity index (χ3n) is 4.99. The topological polar surface area (TPSA) is 122 Å². The number of hydrogen-bond acceptors (Lipinski definition) is 6. The summed E-state index contributed by atoms with van der Waals surface area (Å²) in [4.78, 5) is 23.8. The highest BCUT2D eigenvalue weighted by atomic mass is 16.6. The fourth-order valence-corrected chi connectivity index (χ4v) is 3.21. The second kappa shape index (κ2) is 8.16. The molecular formula is C23H19N3O5. The van der Waals surface area contributed by atoms with Gasteiger partial charge in [0.1, 0.15) is 23.2 Å². The lowest BCUT2D eigenvalue weighted by Gasteiger charge is -2.07. The van der Waals surface area contributed by atoms with E-state index < -0.39 is 16.4 Å². The summed E-state index contributed by atoms with van der Waals surface area (Å²) in [7, 11) is 0. The molecule has 0 aliphatic rings. The third-order valence-corrected chi connectivity index (χ3v) is 4.99. The number of rotatable bonds is 5. The maximum absolute atomic E-state index is 12.8. The molecule has 8 heteroatoms. The van der Waals surface area contributed by atoms with Gasteiger partial charge in [0, 0.05) is 17.8 Å². The molecule has 2 aromatic heterocycles. The van der Waals surface area contributed by atoms with Crippen LogP contribution in [0.4, 0.5) is 5.69 Å². The van der Waals surface area contributed by atoms with Gasteiger partial charge in [-0.05, 0) is 49.2 Å². The van der Waals surface area contributed by atoms with Gasteiger partial charge >= 0.3 is 0 Å². The Bertz CT molecular complexity index is 1440. The van der Waals surface area contributed by atoms with Gasteiger partial charge in [0.05, 0.1) is 15.7 Å². The van der Waals surface area contributed by atoms with Crippen molar-refractivity contribution >= 4 is 18.3 Å². The number of benzene rings is 1. The number of hydrogen-bond donors (Lipinski definition) is 1. The lowest BCUT2D eigenvalue weighted by atomic mass is 10.0. The number of nitriles is 1. The molecule has 1 N–H and O–H groups in total. The van der Waals surface area contributed by atoms with Crippen LogP contribution < -0.4 is 16.0 Å². The normalized spacial score (nSPS) is 11.3. The second-order valence-corrected chi connectivity index (χ2v) is 6.96. The first-order valence-electron chi connectivity index (χ1n) is 9.22. The van der Waals surface area contributed by atoms with Crippen LogP contribution in [0, 0.1) is 35.3 Å². The van der Waals surface area contributed by atoms with Crippen molar-refractivity contribution in [3.63, 3.8) is 0 Å². The van der Waals surface area contributed by atoms with Gasteiger partial charge in [-0.3, -0.25) is 19.5 Å². The number of allylic oxidation sites excluding steroid dienone is 1. The summed E-state index contributed by atoms with van der Waals surface area (Å²) in [6, 6.07) is 8.13. The molecule has 0 fully saturated rings. The summed E-state index contributed by atoms with van der Waals surface area (Å²) in [5, 5.41) is 31.2. The maximum atomic E-state index is 12.8. The monoisotopic (exact) mass is 417 g/mol. The van der Waals surface area contributed by atoms with E-state index in [1.807, 2.05) is 13.0 Å². The number of aromatic nitrogens is 1. The Balaban J connectivity index is 2.24. The van der Waals surface area contributed by atoms with Gasteiger partial charge in [0.25, 0.3) is 11.2 Å². The number of aryl methyl sites for hydroxylation is 2. The highest BCUT2D eigenvalue weighted by Gasteiger charge is 2.20. The van der Waals surface area contributed by atoms with E-state index in [1.54, 1.807) is 25.1 Å². The Hall–Kier alpha value is -4.38. The van der Waals surface area contributed by atoms with Gasteiger partial charge in [-0.1, -0.05) is 12.7 Å². The predicted octanol–water partition coefficient (Wildman–Crippen LogP) is 2.64. The summed E-state index contributed by atoms with van der Waals surface area (Å²) < 4.78 is 6.78. The molecule has 0 radical (unpaired) electrons. The Labute approximate surface area is 177 Å². The number of furan rings is 1. The van der Waals surface area contributed by atoms with E-state index in [9.17, 15) is 25.3 Å². The molecule has 8 nitrogen and oxygen atoms in total. The molecule has 0 atom stereocenters. The molecule has 0 saturated heterocycles. The Morgan fingerprint density at radius 2 is 2.00 bits per heavy atom. The van der Waals surface area contributed by atoms with Crippen molar-refractivity contribution in [3.05, 3.63) is 90.3 Å². The standard InChI is InChI=1S/C23H19N3O5/c1-5-8-25-22(27)17(15(4)19(12-24)23(25)28)11-16-6-7-21(31-16)18-9-13(2)14(3)10-20(18)26(29)30/h5-7,9-11,28H,1,4,8H2,2-3H3/b17-11+. The van der Waals surface area contributed by atoms with Gasteiger partial charge in [-0.25, -0.2) is 0 Å². The van der Waals surface area contributed by atoms with Crippen LogP contribution in [0.15, 0.2) is 46.1 Å². The zero-order valence-corrected chi connectivity index (χ0v) is 17.0. The van der Waals surface area contributed by atoms with Crippen LogP contribution in [0.25, 0.3) is 24.0 Å². The summed E-state index contributed by atoms with van der Waals surface area (Å²) in [5.74, 6) is 0.0158. The minimum Gasteiger partial charge on any atom is -0.493 e. The Kier molecular flexibility index (Phi) is 5.62. The molecule has 2 heterocycles. The molecule has 156 valence electrons. The first-order chi connectivity index (χ1) is 14.7. The van der Waals surface area contributed by atoms with Crippen LogP contribution in [0.1, 0.15) is 22.5 Å². The number of nitro groups is 1. The molecular weight excluding hydrogens is 398 g/mol. The van der Waals surface area contributed by atoms with Crippen molar-refractivity contribution in [2.75, 3.05) is 0 Å². The average molecular weight is 417 g/mol. The molecule has 3 aromatic rings. The van der Waals surface area contributed by atoms with Crippen molar-refractivity contribution < 1.29 is 14.4 Å². The Morgan fingerprint density at radius 1 is 1.32 bits per heavy atom. The van der Waals surface area contributed by atoms with Crippen LogP contribution in [-0.4, -0.2) is 14.6 Å². The Morgan fingerprint density at radius 3 is 2.61 bits per heavy atom. The van der Waals surface area contributed by atoms with Crippen LogP contribution in [0.5, 0.6) is 5.88 Å². The zero-order valence-electron chi connectivity index (χ0n) is 17.0. The van der Waals surface area contributed by atoms with E-state index in [0.717, 1.165) is 15.7 Å². The fraction of sp³-hybridized carbons (Fsp3) is 0.130. The van der Waals surface area contributed by atoms with Crippen molar-refractivity contribution in [1.82, 2.24) is 4.57 Å². The third kappa shape index (κ3) is 3.76. The van der Waals surface area contributed by atoms with E-state index in [0.29, 0.717) is 5.56 Å². The molecule has 0 unspecified atom stereocenters. The molecule has 3 rings (SSSR count). The highest BCUT2D eigenvalue weighted by Crippen LogP contribution is 2.33. The molecule has 0 amide bonds. The predicted molar refractivity (Wildman–Crippen MR) is 116 cm³/mol. The van der Waals surface area contributed by atoms with Crippen molar-refractivity contribution in [1.29, 1.82) is 5.26 Å². The van der Waals surface area contributed by atoms with Crippen LogP contribution >= 0.6 is 0 Å². The largest absolute Gasteiger partial charge is 0.493 e. The molecule has 0 spiro atoms. The lowest BCUT2D eigenvalue weighted by Crippen LogP contribution is -2.45. The quantitative estimate of drug-likeness (QED) is 0.387. The van der Waals surface area contributed by atoms with Gasteiger partial charge < -0.3 is 9.52 Å². The number of aromatic hydroxyl groups is 1. The minimum atomic E-state index is -0.573. The molecule has 0 saturated carbocycles. The summed E-state index contributed by atoms with van der Waals surface area (Å²) >= 11 is 0. The van der Waals surface area contributed by atoms with Crippen LogP contribution in [0.3, 0.4) is 0 Å². The SMILES string of the molecule is C=CCn1c(O)c(C#N)c(=C)/c(=C\c2ccc(-c3cc(C)c(C)cc3[N+](=O)[O-])o2)c1=O. The number of pyridine rings is 1. The summed E-state index contributed by atoms with van der Waals surface area (Å²) in [5.41, 5.74) is 1.17. The van der Waals surface area contributed by atoms with Gasteiger partial charge in [-0.2, -0.15) is 5.26 Å². The van der Waals surface area contributed by atoms with Gasteiger partial charge in [-0.15, -0.1) is 6.58 Å². The fourth-order valence-electron chi connectivity index (χ4n) is 3.21. The zero-order chi connectivity index (χ0) is 22.9. The molecule has 0 aliphatic carbocycles. The van der Waals surface area contributed by atoms with Gasteiger partial charge in [0.2, 0.25) is 5.88 Å². The van der Waals surface area contributed by atoms with Crippen LogP contribution in [0.2, 0.25) is 0 Å². The molecule has 0 aliphatic heterocycles. The van der Waals surface area contributed by atoms with E-state index in [4.69, 9.17) is 4.42 Å². The molecule has 31 heavy (non-hydrogen) atoms. The molecule has 0 bridgehead atoms. The van der Waals surface area contributed by atoms with E-state index in [-0.39, 0.29) is 39.8 Å². The van der Waals surface area contributed by atoms with E-state index >= 15 is 0 Å². The number of nitrogens with zero attached hydrogens (tertiary/aromatic N) is 3. The molecule has 1 aromatic carbocycles. The van der Waals surface area contributed by atoms with Crippen LogP contribution in [-0.2, 0) is 6.54 Å². The average Bonchev–Trinajstić information content (AvgIpc) is 3.19. The maximum Gasteiger partial charge on any atom is 0.280 e. The van der Waals surface area contributed by atoms with E-state index in [1.165, 1.54) is 18.2 Å². The first-order valence-corrected chi connectivity index (χ1v) is 9.22. The van der Waals surface area contributed by atoms with Gasteiger partial charge in [0.15, 0.2) is 0 Å². The second-order valence-electron chi connectivity index (χ2n) is 6.96. The van der Waals surface area contributed by atoms with Crippen molar-refractivity contribution in [2.45, 2.75) is 20.4 Å². The first kappa shape index (κ1) is 21.3. The van der Waals surface area contributed by atoms with Crippen molar-refractivity contribution in [3.8, 4) is 23.3 Å². The summed E-state index contributed by atoms with van der Waals surface area (Å²) in [6.45, 7) is 10.9.